The van der Waals surface area contributed by atoms with Crippen molar-refractivity contribution in [3.63, 3.8) is 0 Å². The molecule has 1 N–H and O–H groups in total. The zero-order valence-corrected chi connectivity index (χ0v) is 8.25. The third kappa shape index (κ3) is 3.74. The van der Waals surface area contributed by atoms with Crippen molar-refractivity contribution in [1.82, 2.24) is 4.98 Å². The second-order valence-electron chi connectivity index (χ2n) is 2.95. The van der Waals surface area contributed by atoms with Gasteiger partial charge in [0.05, 0.1) is 0 Å². The van der Waals surface area contributed by atoms with Gasteiger partial charge in [0.2, 0.25) is 0 Å². The Morgan fingerprint density at radius 2 is 2.31 bits per heavy atom. The van der Waals surface area contributed by atoms with Crippen LogP contribution in [0.2, 0.25) is 0 Å². The van der Waals surface area contributed by atoms with E-state index in [1.807, 2.05) is 32.0 Å². The number of nitrogens with one attached hydrogen (secondary N) is 1. The molecule has 0 unspecified atom stereocenters. The third-order valence-electron chi connectivity index (χ3n) is 1.74. The van der Waals surface area contributed by atoms with Crippen LogP contribution in [-0.4, -0.2) is 11.5 Å². The van der Waals surface area contributed by atoms with Crippen LogP contribution in [0.1, 0.15) is 19.0 Å². The van der Waals surface area contributed by atoms with Gasteiger partial charge < -0.3 is 5.32 Å². The van der Waals surface area contributed by atoms with Crippen molar-refractivity contribution < 1.29 is 0 Å². The Morgan fingerprint density at radius 1 is 1.46 bits per heavy atom. The normalized spacial score (nSPS) is 10.6. The zero-order valence-electron chi connectivity index (χ0n) is 8.25. The van der Waals surface area contributed by atoms with E-state index >= 15 is 0 Å². The minimum Gasteiger partial charge on any atom is -0.370 e. The van der Waals surface area contributed by atoms with E-state index < -0.39 is 0 Å². The fraction of sp³-hybridized carbons (Fsp3) is 0.364. The largest absolute Gasteiger partial charge is 0.370 e. The van der Waals surface area contributed by atoms with Crippen molar-refractivity contribution in [1.29, 1.82) is 0 Å². The summed E-state index contributed by atoms with van der Waals surface area (Å²) in [6, 6.07) is 6.00. The summed E-state index contributed by atoms with van der Waals surface area (Å²) < 4.78 is 0. The summed E-state index contributed by atoms with van der Waals surface area (Å²) in [5.41, 5.74) is 1.05. The molecule has 1 rings (SSSR count). The van der Waals surface area contributed by atoms with Gasteiger partial charge in [0, 0.05) is 12.2 Å². The number of aryl methyl sites for hydroxylation is 1. The molecule has 70 valence electrons. The van der Waals surface area contributed by atoms with Gasteiger partial charge in [-0.1, -0.05) is 18.2 Å². The fourth-order valence-electron chi connectivity index (χ4n) is 1.09. The minimum atomic E-state index is 0.945. The lowest BCUT2D eigenvalue weighted by Crippen LogP contribution is -2.02. The van der Waals surface area contributed by atoms with Gasteiger partial charge in [-0.15, -0.1) is 0 Å². The lowest BCUT2D eigenvalue weighted by Gasteiger charge is -2.03. The summed E-state index contributed by atoms with van der Waals surface area (Å²) >= 11 is 0. The Kier molecular flexibility index (Phi) is 4.03. The topological polar surface area (TPSA) is 24.9 Å². The highest BCUT2D eigenvalue weighted by Crippen LogP contribution is 2.03. The summed E-state index contributed by atoms with van der Waals surface area (Å²) in [4.78, 5) is 4.34. The summed E-state index contributed by atoms with van der Waals surface area (Å²) in [6.45, 7) is 4.98. The van der Waals surface area contributed by atoms with Crippen LogP contribution >= 0.6 is 0 Å². The molecule has 0 spiro atoms. The van der Waals surface area contributed by atoms with E-state index in [-0.39, 0.29) is 0 Å². The number of hydrogen-bond acceptors (Lipinski definition) is 2. The highest BCUT2D eigenvalue weighted by Gasteiger charge is 1.90. The highest BCUT2D eigenvalue weighted by molar-refractivity contribution is 5.34. The SMILES string of the molecule is C/C=C/CCNc1cccc(C)n1. The molecule has 0 aliphatic heterocycles. The number of nitrogens with zero attached hydrogens (tertiary/aromatic N) is 1. The maximum atomic E-state index is 4.34. The fourth-order valence-corrected chi connectivity index (χ4v) is 1.09. The van der Waals surface area contributed by atoms with Crippen molar-refractivity contribution in [3.05, 3.63) is 36.0 Å². The van der Waals surface area contributed by atoms with E-state index in [4.69, 9.17) is 0 Å². The molecule has 0 aliphatic rings. The van der Waals surface area contributed by atoms with Gasteiger partial charge in [-0.3, -0.25) is 0 Å². The van der Waals surface area contributed by atoms with Crippen molar-refractivity contribution in [2.75, 3.05) is 11.9 Å². The zero-order chi connectivity index (χ0) is 9.52. The van der Waals surface area contributed by atoms with Crippen molar-refractivity contribution in [3.8, 4) is 0 Å². The van der Waals surface area contributed by atoms with Crippen molar-refractivity contribution in [2.24, 2.45) is 0 Å². The smallest absolute Gasteiger partial charge is 0.126 e. The minimum absolute atomic E-state index is 0.945. The van der Waals surface area contributed by atoms with Crippen LogP contribution < -0.4 is 5.32 Å². The van der Waals surface area contributed by atoms with Crippen LogP contribution in [0.3, 0.4) is 0 Å². The van der Waals surface area contributed by atoms with Crippen LogP contribution in [0, 0.1) is 6.92 Å². The number of pyridine rings is 1. The standard InChI is InChI=1S/C11H16N2/c1-3-4-5-9-12-11-8-6-7-10(2)13-11/h3-4,6-8H,5,9H2,1-2H3,(H,12,13)/b4-3+. The molecular weight excluding hydrogens is 160 g/mol. The van der Waals surface area contributed by atoms with E-state index in [9.17, 15) is 0 Å². The van der Waals surface area contributed by atoms with Crippen LogP contribution in [0.4, 0.5) is 5.82 Å². The quantitative estimate of drug-likeness (QED) is 0.563. The molecule has 2 nitrogen and oxygen atoms in total. The first kappa shape index (κ1) is 9.78. The lowest BCUT2D eigenvalue weighted by molar-refractivity contribution is 1.04. The molecule has 0 amide bonds. The first-order valence-electron chi connectivity index (χ1n) is 4.61. The molecule has 0 fully saturated rings. The summed E-state index contributed by atoms with van der Waals surface area (Å²) in [5.74, 6) is 0.963. The van der Waals surface area contributed by atoms with Gasteiger partial charge in [0.25, 0.3) is 0 Å². The van der Waals surface area contributed by atoms with E-state index in [1.165, 1.54) is 0 Å². The predicted octanol–water partition coefficient (Wildman–Crippen LogP) is 2.77. The van der Waals surface area contributed by atoms with Crippen molar-refractivity contribution >= 4 is 5.82 Å². The highest BCUT2D eigenvalue weighted by atomic mass is 15.0. The van der Waals surface area contributed by atoms with E-state index in [0.717, 1.165) is 24.5 Å². The first-order chi connectivity index (χ1) is 6.33. The molecule has 1 aromatic heterocycles. The van der Waals surface area contributed by atoms with E-state index in [0.29, 0.717) is 0 Å². The molecule has 0 atom stereocenters. The number of rotatable bonds is 4. The molecule has 0 bridgehead atoms. The van der Waals surface area contributed by atoms with Gasteiger partial charge in [-0.05, 0) is 32.4 Å². The van der Waals surface area contributed by atoms with Gasteiger partial charge in [0.15, 0.2) is 0 Å². The van der Waals surface area contributed by atoms with E-state index in [2.05, 4.69) is 22.5 Å². The first-order valence-corrected chi connectivity index (χ1v) is 4.61. The Labute approximate surface area is 79.7 Å². The third-order valence-corrected chi connectivity index (χ3v) is 1.74. The lowest BCUT2D eigenvalue weighted by atomic mass is 10.3. The Hall–Kier alpha value is -1.31. The average Bonchev–Trinajstić information content (AvgIpc) is 2.13. The van der Waals surface area contributed by atoms with Gasteiger partial charge >= 0.3 is 0 Å². The molecule has 13 heavy (non-hydrogen) atoms. The van der Waals surface area contributed by atoms with Gasteiger partial charge in [-0.25, -0.2) is 4.98 Å². The number of hydrogen-bond donors (Lipinski definition) is 1. The monoisotopic (exact) mass is 176 g/mol. The molecule has 0 aliphatic carbocycles. The summed E-state index contributed by atoms with van der Waals surface area (Å²) in [7, 11) is 0. The second kappa shape index (κ2) is 5.36. The van der Waals surface area contributed by atoms with Gasteiger partial charge in [-0.2, -0.15) is 0 Å². The summed E-state index contributed by atoms with van der Waals surface area (Å²) in [5, 5.41) is 3.26. The molecule has 2 heteroatoms. The molecule has 1 heterocycles. The maximum absolute atomic E-state index is 4.34. The average molecular weight is 176 g/mol. The van der Waals surface area contributed by atoms with Crippen LogP contribution in [0.5, 0.6) is 0 Å². The van der Waals surface area contributed by atoms with Gasteiger partial charge in [0.1, 0.15) is 5.82 Å². The molecule has 0 saturated carbocycles. The second-order valence-corrected chi connectivity index (χ2v) is 2.95. The molecular formula is C11H16N2. The summed E-state index contributed by atoms with van der Waals surface area (Å²) in [6.07, 6.45) is 5.25. The van der Waals surface area contributed by atoms with Crippen LogP contribution in [0.25, 0.3) is 0 Å². The Balaban J connectivity index is 2.36. The molecule has 0 radical (unpaired) electrons. The van der Waals surface area contributed by atoms with Crippen LogP contribution in [0.15, 0.2) is 30.4 Å². The number of allylic oxidation sites excluding steroid dienone is 1. The Morgan fingerprint density at radius 3 is 3.00 bits per heavy atom. The molecule has 0 saturated heterocycles. The van der Waals surface area contributed by atoms with E-state index in [1.54, 1.807) is 0 Å². The maximum Gasteiger partial charge on any atom is 0.126 e. The molecule has 1 aromatic rings. The molecule has 0 aromatic carbocycles. The van der Waals surface area contributed by atoms with Crippen molar-refractivity contribution in [2.45, 2.75) is 20.3 Å². The number of anilines is 1. The predicted molar refractivity (Wildman–Crippen MR) is 56.9 cm³/mol. The van der Waals surface area contributed by atoms with Crippen LogP contribution in [-0.2, 0) is 0 Å². The Bertz CT molecular complexity index is 279. The number of aromatic nitrogens is 1.